The van der Waals surface area contributed by atoms with Crippen LogP contribution in [0.5, 0.6) is 0 Å². The van der Waals surface area contributed by atoms with Crippen molar-refractivity contribution in [2.24, 2.45) is 0 Å². The molecule has 21 heavy (non-hydrogen) atoms. The zero-order valence-corrected chi connectivity index (χ0v) is 12.5. The second kappa shape index (κ2) is 7.30. The molecule has 0 spiro atoms. The first kappa shape index (κ1) is 15.6. The fourth-order valence-electron chi connectivity index (χ4n) is 3.00. The fraction of sp³-hybridized carbons (Fsp3) is 0.500. The van der Waals surface area contributed by atoms with Crippen molar-refractivity contribution in [3.05, 3.63) is 22.3 Å². The minimum absolute atomic E-state index is 0.121. The molecule has 0 heterocycles. The monoisotopic (exact) mass is 302 g/mol. The van der Waals surface area contributed by atoms with Gasteiger partial charge in [0.15, 0.2) is 0 Å². The standard InChI is InChI=1S/C16H15O4P/c17-7-11-6-16(21-12-4-2-1-3-5-12)15(10-20)14(9-19)13(11)8-18/h12,16,21H,1-6H2. The van der Waals surface area contributed by atoms with Crippen molar-refractivity contribution >= 4 is 32.3 Å². The maximum Gasteiger partial charge on any atom is 0.134 e. The molecule has 2 aliphatic rings. The Balaban J connectivity index is 2.33. The van der Waals surface area contributed by atoms with Crippen molar-refractivity contribution < 1.29 is 19.2 Å². The van der Waals surface area contributed by atoms with Gasteiger partial charge in [0, 0.05) is 5.66 Å². The van der Waals surface area contributed by atoms with Crippen LogP contribution in [0.2, 0.25) is 0 Å². The first-order valence-corrected chi connectivity index (χ1v) is 8.17. The summed E-state index contributed by atoms with van der Waals surface area (Å²) in [7, 11) is 0.445. The molecule has 2 aliphatic carbocycles. The first-order valence-electron chi connectivity index (χ1n) is 7.01. The summed E-state index contributed by atoms with van der Waals surface area (Å²) in [6, 6.07) is 0. The molecule has 5 heteroatoms. The van der Waals surface area contributed by atoms with Gasteiger partial charge in [-0.3, -0.25) is 0 Å². The number of allylic oxidation sites excluding steroid dienone is 4. The van der Waals surface area contributed by atoms with Gasteiger partial charge in [0.25, 0.3) is 0 Å². The SMILES string of the molecule is O=C=C1CC(PC2CCCCC2)C(=C=O)C(=C=O)C1=C=O. The van der Waals surface area contributed by atoms with E-state index >= 15 is 0 Å². The molecule has 108 valence electrons. The fourth-order valence-corrected chi connectivity index (χ4v) is 5.00. The van der Waals surface area contributed by atoms with Gasteiger partial charge in [-0.2, -0.15) is 0 Å². The lowest BCUT2D eigenvalue weighted by Crippen LogP contribution is -2.22. The van der Waals surface area contributed by atoms with Gasteiger partial charge in [0.1, 0.15) is 23.8 Å². The molecule has 0 radical (unpaired) electrons. The number of carbonyl (C=O) groups excluding carboxylic acids is 4. The Bertz CT molecular complexity index is 631. The largest absolute Gasteiger partial charge is 0.233 e. The van der Waals surface area contributed by atoms with Crippen molar-refractivity contribution in [3.63, 3.8) is 0 Å². The lowest BCUT2D eigenvalue weighted by atomic mass is 9.84. The third-order valence-corrected chi connectivity index (χ3v) is 6.00. The van der Waals surface area contributed by atoms with Crippen molar-refractivity contribution in [1.82, 2.24) is 0 Å². The van der Waals surface area contributed by atoms with Gasteiger partial charge in [-0.25, -0.2) is 19.2 Å². The third kappa shape index (κ3) is 3.29. The Kier molecular flexibility index (Phi) is 5.43. The van der Waals surface area contributed by atoms with Crippen LogP contribution >= 0.6 is 8.58 Å². The van der Waals surface area contributed by atoms with Gasteiger partial charge < -0.3 is 0 Å². The second-order valence-corrected chi connectivity index (χ2v) is 7.16. The van der Waals surface area contributed by atoms with Gasteiger partial charge in [-0.1, -0.05) is 19.3 Å². The van der Waals surface area contributed by atoms with E-state index in [-0.39, 0.29) is 34.4 Å². The van der Waals surface area contributed by atoms with Crippen molar-refractivity contribution in [2.45, 2.75) is 49.8 Å². The van der Waals surface area contributed by atoms with Gasteiger partial charge in [0.2, 0.25) is 0 Å². The summed E-state index contributed by atoms with van der Waals surface area (Å²) in [4.78, 5) is 44.3. The quantitative estimate of drug-likeness (QED) is 0.576. The van der Waals surface area contributed by atoms with Crippen LogP contribution in [0.4, 0.5) is 0 Å². The van der Waals surface area contributed by atoms with E-state index in [2.05, 4.69) is 0 Å². The minimum Gasteiger partial charge on any atom is -0.233 e. The van der Waals surface area contributed by atoms with E-state index in [1.54, 1.807) is 23.8 Å². The molecule has 0 aromatic carbocycles. The van der Waals surface area contributed by atoms with Crippen LogP contribution in [-0.2, 0) is 19.2 Å². The molecule has 2 rings (SSSR count). The van der Waals surface area contributed by atoms with Crippen LogP contribution in [0.1, 0.15) is 38.5 Å². The third-order valence-electron chi connectivity index (χ3n) is 4.06. The average molecular weight is 302 g/mol. The number of hydrogen-bond acceptors (Lipinski definition) is 4. The molecular weight excluding hydrogens is 287 g/mol. The zero-order valence-electron chi connectivity index (χ0n) is 11.5. The van der Waals surface area contributed by atoms with E-state index in [9.17, 15) is 19.2 Å². The highest BCUT2D eigenvalue weighted by molar-refractivity contribution is 7.40. The summed E-state index contributed by atoms with van der Waals surface area (Å²) in [6.07, 6.45) is 6.07. The first-order chi connectivity index (χ1) is 10.2. The van der Waals surface area contributed by atoms with E-state index in [0.29, 0.717) is 14.2 Å². The topological polar surface area (TPSA) is 68.3 Å². The molecule has 4 nitrogen and oxygen atoms in total. The molecule has 2 fully saturated rings. The highest BCUT2D eigenvalue weighted by Crippen LogP contribution is 2.46. The van der Waals surface area contributed by atoms with Crippen LogP contribution in [0.15, 0.2) is 22.3 Å². The summed E-state index contributed by atoms with van der Waals surface area (Å²) in [5.74, 6) is 6.67. The summed E-state index contributed by atoms with van der Waals surface area (Å²) in [5, 5.41) is 0. The zero-order chi connectivity index (χ0) is 15.2. The van der Waals surface area contributed by atoms with Crippen molar-refractivity contribution in [3.8, 4) is 0 Å². The normalized spacial score (nSPS) is 23.7. The molecule has 0 bridgehead atoms. The molecule has 0 aliphatic heterocycles. The molecule has 0 N–H and O–H groups in total. The summed E-state index contributed by atoms with van der Waals surface area (Å²) in [6.45, 7) is 0. The van der Waals surface area contributed by atoms with Crippen LogP contribution in [0, 0.1) is 0 Å². The average Bonchev–Trinajstić information content (AvgIpc) is 2.54. The van der Waals surface area contributed by atoms with Gasteiger partial charge in [-0.05, 0) is 24.9 Å². The van der Waals surface area contributed by atoms with Crippen molar-refractivity contribution in [2.75, 3.05) is 0 Å². The smallest absolute Gasteiger partial charge is 0.134 e. The van der Waals surface area contributed by atoms with Gasteiger partial charge in [-0.15, -0.1) is 8.58 Å². The highest BCUT2D eigenvalue weighted by Gasteiger charge is 2.35. The van der Waals surface area contributed by atoms with Gasteiger partial charge >= 0.3 is 0 Å². The predicted octanol–water partition coefficient (Wildman–Crippen LogP) is 1.80. The van der Waals surface area contributed by atoms with Crippen LogP contribution in [0.25, 0.3) is 0 Å². The Labute approximate surface area is 124 Å². The Morgan fingerprint density at radius 1 is 0.810 bits per heavy atom. The van der Waals surface area contributed by atoms with Gasteiger partial charge in [0.05, 0.1) is 22.3 Å². The molecule has 0 amide bonds. The minimum atomic E-state index is -0.226. The number of hydrogen-bond donors (Lipinski definition) is 0. The predicted molar refractivity (Wildman–Crippen MR) is 80.4 cm³/mol. The van der Waals surface area contributed by atoms with E-state index in [1.165, 1.54) is 19.3 Å². The second-order valence-electron chi connectivity index (χ2n) is 5.31. The van der Waals surface area contributed by atoms with Crippen LogP contribution in [0.3, 0.4) is 0 Å². The molecule has 2 atom stereocenters. The Morgan fingerprint density at radius 2 is 1.48 bits per heavy atom. The van der Waals surface area contributed by atoms with Crippen LogP contribution in [-0.4, -0.2) is 35.1 Å². The molecule has 0 aromatic rings. The molecule has 0 aromatic heterocycles. The summed E-state index contributed by atoms with van der Waals surface area (Å²) < 4.78 is 0. The Morgan fingerprint density at radius 3 is 2.00 bits per heavy atom. The van der Waals surface area contributed by atoms with Crippen LogP contribution < -0.4 is 0 Å². The van der Waals surface area contributed by atoms with E-state index in [4.69, 9.17) is 0 Å². The van der Waals surface area contributed by atoms with E-state index in [1.807, 2.05) is 0 Å². The molecule has 0 saturated heterocycles. The summed E-state index contributed by atoms with van der Waals surface area (Å²) in [5.41, 5.74) is 0.244. The molecule has 2 unspecified atom stereocenters. The maximum absolute atomic E-state index is 11.2. The Hall–Kier alpha value is -1.77. The molecule has 2 saturated carbocycles. The number of rotatable bonds is 2. The molecular formula is C16H15O4P. The highest BCUT2D eigenvalue weighted by atomic mass is 31.1. The van der Waals surface area contributed by atoms with E-state index < -0.39 is 0 Å². The van der Waals surface area contributed by atoms with Crippen molar-refractivity contribution in [1.29, 1.82) is 0 Å². The van der Waals surface area contributed by atoms with E-state index in [0.717, 1.165) is 12.8 Å². The summed E-state index contributed by atoms with van der Waals surface area (Å²) >= 11 is 0. The maximum atomic E-state index is 11.2. The lowest BCUT2D eigenvalue weighted by Gasteiger charge is -2.30. The lowest BCUT2D eigenvalue weighted by molar-refractivity contribution is 0.512.